The predicted octanol–water partition coefficient (Wildman–Crippen LogP) is 3.87. The number of nitrogens with two attached hydrogens (primary N) is 1. The summed E-state index contributed by atoms with van der Waals surface area (Å²) in [6.07, 6.45) is -1.38. The predicted molar refractivity (Wildman–Crippen MR) is 108 cm³/mol. The zero-order valence-corrected chi connectivity index (χ0v) is 16.8. The van der Waals surface area contributed by atoms with Gasteiger partial charge in [0.2, 0.25) is 5.91 Å². The van der Waals surface area contributed by atoms with E-state index in [1.54, 1.807) is 6.92 Å². The van der Waals surface area contributed by atoms with Gasteiger partial charge >= 0.3 is 6.36 Å². The fourth-order valence-electron chi connectivity index (χ4n) is 3.31. The summed E-state index contributed by atoms with van der Waals surface area (Å²) in [7, 11) is 0. The Kier molecular flexibility index (Phi) is 6.48. The van der Waals surface area contributed by atoms with Gasteiger partial charge in [-0.15, -0.1) is 13.2 Å². The maximum Gasteiger partial charge on any atom is 0.573 e. The Balaban J connectivity index is 1.69. The molecule has 9 heteroatoms. The van der Waals surface area contributed by atoms with E-state index in [-0.39, 0.29) is 23.5 Å². The van der Waals surface area contributed by atoms with E-state index in [9.17, 15) is 18.0 Å². The van der Waals surface area contributed by atoms with Crippen LogP contribution in [0.5, 0.6) is 5.75 Å². The standard InChI is InChI=1S/C21H25F3N4O2/c1-13(15-5-7-18(8-6-15)30-21(22,23)24)26-20(17-3-4-17)27-14(2)28-11-9-16(10-12-28)19(25)29/h5-8,16-17H,2-4,9-12H2,1H3,(H2,25,29). The minimum atomic E-state index is -4.72. The number of amides is 1. The van der Waals surface area contributed by atoms with Crippen LogP contribution in [0.15, 0.2) is 46.7 Å². The number of primary amides is 1. The molecule has 6 nitrogen and oxygen atoms in total. The third kappa shape index (κ3) is 6.08. The normalized spacial score (nSPS) is 19.0. The van der Waals surface area contributed by atoms with Crippen LogP contribution in [0.1, 0.15) is 38.2 Å². The minimum absolute atomic E-state index is 0.106. The van der Waals surface area contributed by atoms with E-state index in [1.165, 1.54) is 24.3 Å². The van der Waals surface area contributed by atoms with Crippen molar-refractivity contribution in [1.29, 1.82) is 0 Å². The van der Waals surface area contributed by atoms with Crippen molar-refractivity contribution in [3.8, 4) is 5.75 Å². The van der Waals surface area contributed by atoms with Gasteiger partial charge in [-0.2, -0.15) is 0 Å². The van der Waals surface area contributed by atoms with Crippen LogP contribution in [0, 0.1) is 11.8 Å². The number of rotatable bonds is 6. The fraction of sp³-hybridized carbons (Fsp3) is 0.476. The van der Waals surface area contributed by atoms with Crippen LogP contribution < -0.4 is 10.5 Å². The van der Waals surface area contributed by atoms with Gasteiger partial charge in [0.05, 0.1) is 0 Å². The molecule has 0 spiro atoms. The minimum Gasteiger partial charge on any atom is -0.406 e. The third-order valence-electron chi connectivity index (χ3n) is 5.24. The highest BCUT2D eigenvalue weighted by atomic mass is 19.4. The molecule has 0 aromatic heterocycles. The molecule has 1 aliphatic carbocycles. The number of halogens is 3. The number of alkyl halides is 3. The smallest absolute Gasteiger partial charge is 0.406 e. The zero-order chi connectivity index (χ0) is 21.9. The topological polar surface area (TPSA) is 80.3 Å². The molecule has 2 N–H and O–H groups in total. The SMILES string of the molecule is C=C(N=C(N=C(C)c1ccc(OC(F)(F)F)cc1)C1CC1)N1CCC(C(N)=O)CC1. The average Bonchev–Trinajstić information content (AvgIpc) is 3.52. The Bertz CT molecular complexity index is 850. The summed E-state index contributed by atoms with van der Waals surface area (Å²) in [5.41, 5.74) is 6.72. The second-order valence-corrected chi connectivity index (χ2v) is 7.59. The molecule has 1 aromatic carbocycles. The van der Waals surface area contributed by atoms with Gasteiger partial charge in [-0.3, -0.25) is 4.79 Å². The number of ether oxygens (including phenoxy) is 1. The Morgan fingerprint density at radius 2 is 1.70 bits per heavy atom. The number of carbonyl (C=O) groups is 1. The van der Waals surface area contributed by atoms with Gasteiger partial charge in [-0.05, 0) is 62.4 Å². The van der Waals surface area contributed by atoms with Gasteiger partial charge in [0.25, 0.3) is 0 Å². The number of aliphatic imine (C=N–C) groups is 2. The molecule has 1 aromatic rings. The monoisotopic (exact) mass is 422 g/mol. The van der Waals surface area contributed by atoms with E-state index in [0.717, 1.165) is 12.8 Å². The molecule has 0 atom stereocenters. The van der Waals surface area contributed by atoms with Crippen molar-refractivity contribution in [3.63, 3.8) is 0 Å². The third-order valence-corrected chi connectivity index (χ3v) is 5.24. The fourth-order valence-corrected chi connectivity index (χ4v) is 3.31. The van der Waals surface area contributed by atoms with Crippen LogP contribution in [-0.4, -0.2) is 41.8 Å². The van der Waals surface area contributed by atoms with Crippen LogP contribution in [0.2, 0.25) is 0 Å². The first-order chi connectivity index (χ1) is 14.1. The second kappa shape index (κ2) is 8.89. The molecule has 1 amide bonds. The number of hydrogen-bond donors (Lipinski definition) is 1. The van der Waals surface area contributed by atoms with Gasteiger partial charge in [0.1, 0.15) is 17.4 Å². The van der Waals surface area contributed by atoms with E-state index < -0.39 is 6.36 Å². The lowest BCUT2D eigenvalue weighted by Crippen LogP contribution is -2.37. The summed E-state index contributed by atoms with van der Waals surface area (Å²) in [5, 5.41) is 0. The van der Waals surface area contributed by atoms with Crippen molar-refractivity contribution in [2.24, 2.45) is 27.6 Å². The quantitative estimate of drug-likeness (QED) is 0.558. The molecule has 0 radical (unpaired) electrons. The number of piperidine rings is 1. The lowest BCUT2D eigenvalue weighted by molar-refractivity contribution is -0.274. The van der Waals surface area contributed by atoms with Crippen molar-refractivity contribution in [1.82, 2.24) is 4.90 Å². The average molecular weight is 422 g/mol. The highest BCUT2D eigenvalue weighted by Crippen LogP contribution is 2.33. The van der Waals surface area contributed by atoms with Gasteiger partial charge in [-0.1, -0.05) is 6.58 Å². The highest BCUT2D eigenvalue weighted by molar-refractivity contribution is 6.07. The van der Waals surface area contributed by atoms with Crippen molar-refractivity contribution in [2.45, 2.75) is 39.0 Å². The van der Waals surface area contributed by atoms with E-state index in [4.69, 9.17) is 5.73 Å². The van der Waals surface area contributed by atoms with Gasteiger partial charge in [0.15, 0.2) is 0 Å². The summed E-state index contributed by atoms with van der Waals surface area (Å²) in [4.78, 5) is 22.6. The molecular weight excluding hydrogens is 397 g/mol. The molecule has 2 fully saturated rings. The molecule has 1 saturated carbocycles. The molecule has 2 aliphatic rings. The maximum absolute atomic E-state index is 12.3. The van der Waals surface area contributed by atoms with Crippen LogP contribution in [0.3, 0.4) is 0 Å². The van der Waals surface area contributed by atoms with E-state index in [1.807, 2.05) is 4.90 Å². The van der Waals surface area contributed by atoms with Gasteiger partial charge in [0, 0.05) is 30.6 Å². The number of hydrogen-bond acceptors (Lipinski definition) is 4. The summed E-state index contributed by atoms with van der Waals surface area (Å²) in [6.45, 7) is 7.17. The summed E-state index contributed by atoms with van der Waals surface area (Å²) < 4.78 is 40.8. The Morgan fingerprint density at radius 1 is 1.10 bits per heavy atom. The molecule has 3 rings (SSSR count). The van der Waals surface area contributed by atoms with Crippen LogP contribution >= 0.6 is 0 Å². The number of benzene rings is 1. The van der Waals surface area contributed by atoms with E-state index in [2.05, 4.69) is 21.3 Å². The van der Waals surface area contributed by atoms with E-state index in [0.29, 0.717) is 48.9 Å². The molecule has 162 valence electrons. The first kappa shape index (κ1) is 21.9. The van der Waals surface area contributed by atoms with Crippen molar-refractivity contribution < 1.29 is 22.7 Å². The number of amidine groups is 1. The maximum atomic E-state index is 12.3. The van der Waals surface area contributed by atoms with Crippen molar-refractivity contribution in [3.05, 3.63) is 42.2 Å². The van der Waals surface area contributed by atoms with Gasteiger partial charge in [-0.25, -0.2) is 9.98 Å². The molecule has 1 aliphatic heterocycles. The van der Waals surface area contributed by atoms with E-state index >= 15 is 0 Å². The van der Waals surface area contributed by atoms with Gasteiger partial charge < -0.3 is 15.4 Å². The number of likely N-dealkylation sites (tertiary alicyclic amines) is 1. The van der Waals surface area contributed by atoms with Crippen molar-refractivity contribution >= 4 is 17.5 Å². The Labute approximate surface area is 173 Å². The largest absolute Gasteiger partial charge is 0.573 e. The molecule has 0 bridgehead atoms. The zero-order valence-electron chi connectivity index (χ0n) is 16.8. The first-order valence-corrected chi connectivity index (χ1v) is 9.85. The summed E-state index contributed by atoms with van der Waals surface area (Å²) in [5.74, 6) is 0.880. The highest BCUT2D eigenvalue weighted by Gasteiger charge is 2.31. The van der Waals surface area contributed by atoms with Crippen LogP contribution in [0.4, 0.5) is 13.2 Å². The molecule has 0 unspecified atom stereocenters. The number of nitrogens with zero attached hydrogens (tertiary/aromatic N) is 3. The Hall–Kier alpha value is -2.84. The Morgan fingerprint density at radius 3 is 2.20 bits per heavy atom. The molecule has 1 saturated heterocycles. The van der Waals surface area contributed by atoms with Crippen molar-refractivity contribution in [2.75, 3.05) is 13.1 Å². The molecule has 30 heavy (non-hydrogen) atoms. The van der Waals surface area contributed by atoms with Crippen LogP contribution in [0.25, 0.3) is 0 Å². The number of carbonyl (C=O) groups excluding carboxylic acids is 1. The molecule has 1 heterocycles. The van der Waals surface area contributed by atoms with Crippen LogP contribution in [-0.2, 0) is 4.79 Å². The first-order valence-electron chi connectivity index (χ1n) is 9.85. The lowest BCUT2D eigenvalue weighted by atomic mass is 9.96. The second-order valence-electron chi connectivity index (χ2n) is 7.59. The lowest BCUT2D eigenvalue weighted by Gasteiger charge is -2.31. The summed E-state index contributed by atoms with van der Waals surface area (Å²) in [6, 6.07) is 5.59. The molecular formula is C21H25F3N4O2. The summed E-state index contributed by atoms with van der Waals surface area (Å²) >= 11 is 0.